The third kappa shape index (κ3) is 4.69. The summed E-state index contributed by atoms with van der Waals surface area (Å²) in [5.74, 6) is 0.113. The summed E-state index contributed by atoms with van der Waals surface area (Å²) >= 11 is 0. The molecule has 0 radical (unpaired) electrons. The number of carbonyl (C=O) groups is 1. The fraction of sp³-hybridized carbons (Fsp3) is 0.300. The molecule has 1 atom stereocenters. The molecule has 2 rings (SSSR count). The van der Waals surface area contributed by atoms with Crippen molar-refractivity contribution >= 4 is 5.91 Å². The monoisotopic (exact) mass is 306 g/mol. The van der Waals surface area contributed by atoms with Gasteiger partial charge in [0.1, 0.15) is 6.54 Å². The highest BCUT2D eigenvalue weighted by atomic mass is 16.1. The van der Waals surface area contributed by atoms with Crippen molar-refractivity contribution in [2.75, 3.05) is 6.54 Å². The molecule has 3 nitrogen and oxygen atoms in total. The second kappa shape index (κ2) is 8.14. The van der Waals surface area contributed by atoms with Gasteiger partial charge in [0.15, 0.2) is 0 Å². The van der Waals surface area contributed by atoms with E-state index in [0.717, 1.165) is 23.1 Å². The molecular formula is C20H22N2O. The van der Waals surface area contributed by atoms with E-state index in [4.69, 9.17) is 5.26 Å². The van der Waals surface area contributed by atoms with Crippen LogP contribution < -0.4 is 5.32 Å². The minimum Gasteiger partial charge on any atom is -0.342 e. The minimum absolute atomic E-state index is 0.0511. The Bertz CT molecular complexity index is 669. The molecule has 0 spiro atoms. The maximum Gasteiger partial charge on any atom is 0.228 e. The van der Waals surface area contributed by atoms with Gasteiger partial charge < -0.3 is 5.32 Å². The Morgan fingerprint density at radius 3 is 2.22 bits per heavy atom. The molecule has 0 heterocycles. The van der Waals surface area contributed by atoms with E-state index >= 15 is 0 Å². The molecule has 2 aromatic carbocycles. The van der Waals surface area contributed by atoms with E-state index in [-0.39, 0.29) is 18.4 Å². The summed E-state index contributed by atoms with van der Waals surface area (Å²) in [5.41, 5.74) is 3.29. The van der Waals surface area contributed by atoms with Crippen LogP contribution in [0, 0.1) is 17.2 Å². The Hall–Kier alpha value is -2.60. The standard InChI is InChI=1S/C20H22N2O/c1-15(2)14-19(20(23)22-13-12-21)18-10-8-17(9-11-18)16-6-4-3-5-7-16/h3-11,15,19H,13-14H2,1-2H3,(H,22,23)/t19-/m1/s1. The van der Waals surface area contributed by atoms with Gasteiger partial charge in [-0.15, -0.1) is 0 Å². The fourth-order valence-corrected chi connectivity index (χ4v) is 2.65. The highest BCUT2D eigenvalue weighted by molar-refractivity contribution is 5.84. The van der Waals surface area contributed by atoms with E-state index in [1.165, 1.54) is 0 Å². The highest BCUT2D eigenvalue weighted by Gasteiger charge is 2.21. The van der Waals surface area contributed by atoms with Gasteiger partial charge in [-0.2, -0.15) is 5.26 Å². The van der Waals surface area contributed by atoms with Crippen LogP contribution in [-0.4, -0.2) is 12.5 Å². The van der Waals surface area contributed by atoms with Crippen molar-refractivity contribution in [2.24, 2.45) is 5.92 Å². The first-order valence-electron chi connectivity index (χ1n) is 7.92. The van der Waals surface area contributed by atoms with Crippen molar-refractivity contribution < 1.29 is 4.79 Å². The first-order chi connectivity index (χ1) is 11.1. The van der Waals surface area contributed by atoms with Gasteiger partial charge in [0, 0.05) is 0 Å². The molecule has 2 aromatic rings. The molecule has 0 fully saturated rings. The van der Waals surface area contributed by atoms with Gasteiger partial charge in [-0.3, -0.25) is 4.79 Å². The number of carbonyl (C=O) groups excluding carboxylic acids is 1. The molecule has 0 saturated heterocycles. The zero-order chi connectivity index (χ0) is 16.7. The maximum absolute atomic E-state index is 12.3. The Labute approximate surface area is 138 Å². The molecule has 0 aliphatic carbocycles. The van der Waals surface area contributed by atoms with Crippen molar-refractivity contribution in [1.29, 1.82) is 5.26 Å². The van der Waals surface area contributed by atoms with Crippen LogP contribution in [0.1, 0.15) is 31.7 Å². The van der Waals surface area contributed by atoms with Gasteiger partial charge in [-0.1, -0.05) is 68.4 Å². The van der Waals surface area contributed by atoms with Crippen LogP contribution in [0.2, 0.25) is 0 Å². The fourth-order valence-electron chi connectivity index (χ4n) is 2.65. The summed E-state index contributed by atoms with van der Waals surface area (Å²) < 4.78 is 0. The van der Waals surface area contributed by atoms with Crippen molar-refractivity contribution in [1.82, 2.24) is 5.32 Å². The summed E-state index contributed by atoms with van der Waals surface area (Å²) in [4.78, 5) is 12.3. The number of nitrogens with one attached hydrogen (secondary N) is 1. The highest BCUT2D eigenvalue weighted by Crippen LogP contribution is 2.27. The number of hydrogen-bond acceptors (Lipinski definition) is 2. The first kappa shape index (κ1) is 16.8. The third-order valence-electron chi connectivity index (χ3n) is 3.79. The lowest BCUT2D eigenvalue weighted by atomic mass is 9.88. The molecule has 3 heteroatoms. The Kier molecular flexibility index (Phi) is 5.94. The zero-order valence-electron chi connectivity index (χ0n) is 13.6. The average molecular weight is 306 g/mol. The summed E-state index contributed by atoms with van der Waals surface area (Å²) in [6.45, 7) is 4.25. The van der Waals surface area contributed by atoms with E-state index < -0.39 is 0 Å². The minimum atomic E-state index is -0.215. The third-order valence-corrected chi connectivity index (χ3v) is 3.79. The van der Waals surface area contributed by atoms with Gasteiger partial charge in [0.25, 0.3) is 0 Å². The van der Waals surface area contributed by atoms with E-state index in [1.54, 1.807) is 0 Å². The van der Waals surface area contributed by atoms with Crippen LogP contribution in [0.15, 0.2) is 54.6 Å². The molecule has 118 valence electrons. The number of rotatable bonds is 6. The number of hydrogen-bond donors (Lipinski definition) is 1. The van der Waals surface area contributed by atoms with Crippen LogP contribution in [0.4, 0.5) is 0 Å². The van der Waals surface area contributed by atoms with Crippen LogP contribution in [-0.2, 0) is 4.79 Å². The lowest BCUT2D eigenvalue weighted by Gasteiger charge is -2.19. The molecule has 0 unspecified atom stereocenters. The predicted molar refractivity (Wildman–Crippen MR) is 92.7 cm³/mol. The van der Waals surface area contributed by atoms with Gasteiger partial charge >= 0.3 is 0 Å². The van der Waals surface area contributed by atoms with E-state index in [9.17, 15) is 4.79 Å². The van der Waals surface area contributed by atoms with Gasteiger partial charge in [-0.05, 0) is 29.0 Å². The normalized spacial score (nSPS) is 11.7. The largest absolute Gasteiger partial charge is 0.342 e. The maximum atomic E-state index is 12.3. The van der Waals surface area contributed by atoms with Crippen LogP contribution in [0.25, 0.3) is 11.1 Å². The van der Waals surface area contributed by atoms with Crippen LogP contribution in [0.5, 0.6) is 0 Å². The molecule has 0 aromatic heterocycles. The quantitative estimate of drug-likeness (QED) is 0.816. The average Bonchev–Trinajstić information content (AvgIpc) is 2.58. The van der Waals surface area contributed by atoms with Crippen molar-refractivity contribution in [2.45, 2.75) is 26.2 Å². The molecule has 0 aliphatic rings. The summed E-state index contributed by atoms with van der Waals surface area (Å²) in [5, 5.41) is 11.3. The molecule has 0 bridgehead atoms. The van der Waals surface area contributed by atoms with Crippen molar-refractivity contribution in [3.05, 3.63) is 60.2 Å². The smallest absolute Gasteiger partial charge is 0.228 e. The van der Waals surface area contributed by atoms with Gasteiger partial charge in [0.2, 0.25) is 5.91 Å². The zero-order valence-corrected chi connectivity index (χ0v) is 13.6. The Morgan fingerprint density at radius 2 is 1.65 bits per heavy atom. The lowest BCUT2D eigenvalue weighted by Crippen LogP contribution is -2.30. The number of amides is 1. The molecule has 0 aliphatic heterocycles. The van der Waals surface area contributed by atoms with Crippen molar-refractivity contribution in [3.8, 4) is 17.2 Å². The molecule has 0 saturated carbocycles. The number of nitrogens with zero attached hydrogens (tertiary/aromatic N) is 1. The number of nitriles is 1. The number of benzene rings is 2. The summed E-state index contributed by atoms with van der Waals surface area (Å²) in [6, 6.07) is 20.3. The second-order valence-electron chi connectivity index (χ2n) is 6.05. The SMILES string of the molecule is CC(C)C[C@@H](C(=O)NCC#N)c1ccc(-c2ccccc2)cc1. The topological polar surface area (TPSA) is 52.9 Å². The summed E-state index contributed by atoms with van der Waals surface area (Å²) in [7, 11) is 0. The molecular weight excluding hydrogens is 284 g/mol. The van der Waals surface area contributed by atoms with Crippen molar-refractivity contribution in [3.63, 3.8) is 0 Å². The molecule has 1 amide bonds. The molecule has 1 N–H and O–H groups in total. The Balaban J connectivity index is 2.22. The van der Waals surface area contributed by atoms with E-state index in [2.05, 4.69) is 43.4 Å². The predicted octanol–water partition coefficient (Wildman–Crippen LogP) is 4.12. The van der Waals surface area contributed by atoms with Crippen LogP contribution >= 0.6 is 0 Å². The van der Waals surface area contributed by atoms with E-state index in [1.807, 2.05) is 36.4 Å². The van der Waals surface area contributed by atoms with Gasteiger partial charge in [-0.25, -0.2) is 0 Å². The lowest BCUT2D eigenvalue weighted by molar-refractivity contribution is -0.122. The first-order valence-corrected chi connectivity index (χ1v) is 7.92. The molecule has 23 heavy (non-hydrogen) atoms. The Morgan fingerprint density at radius 1 is 1.04 bits per heavy atom. The van der Waals surface area contributed by atoms with E-state index in [0.29, 0.717) is 5.92 Å². The second-order valence-corrected chi connectivity index (χ2v) is 6.05. The van der Waals surface area contributed by atoms with Gasteiger partial charge in [0.05, 0.1) is 12.0 Å². The van der Waals surface area contributed by atoms with Crippen LogP contribution in [0.3, 0.4) is 0 Å². The summed E-state index contributed by atoms with van der Waals surface area (Å²) in [6.07, 6.45) is 0.766.